The number of aromatic amines is 1. The van der Waals surface area contributed by atoms with Crippen molar-refractivity contribution in [3.8, 4) is 0 Å². The van der Waals surface area contributed by atoms with Crippen molar-refractivity contribution in [1.29, 1.82) is 0 Å². The third kappa shape index (κ3) is 3.77. The molecule has 1 heterocycles. The van der Waals surface area contributed by atoms with E-state index in [-0.39, 0.29) is 12.8 Å². The maximum Gasteiger partial charge on any atom is 0.303 e. The number of carbonyl (C=O) groups is 2. The summed E-state index contributed by atoms with van der Waals surface area (Å²) in [6.45, 7) is 0. The summed E-state index contributed by atoms with van der Waals surface area (Å²) < 4.78 is 0. The van der Waals surface area contributed by atoms with E-state index in [0.717, 1.165) is 0 Å². The number of hydrogen-bond donors (Lipinski definition) is 4. The highest BCUT2D eigenvalue weighted by Gasteiger charge is 2.15. The number of carboxylic acids is 1. The molecule has 1 aromatic rings. The largest absolute Gasteiger partial charge is 0.481 e. The average molecular weight is 212 g/mol. The van der Waals surface area contributed by atoms with Gasteiger partial charge >= 0.3 is 5.97 Å². The molecule has 82 valence electrons. The van der Waals surface area contributed by atoms with Crippen LogP contribution in [0.2, 0.25) is 0 Å². The second-order valence-corrected chi connectivity index (χ2v) is 3.00. The highest BCUT2D eigenvalue weighted by molar-refractivity contribution is 5.94. The second kappa shape index (κ2) is 5.11. The van der Waals surface area contributed by atoms with Crippen LogP contribution < -0.4 is 11.1 Å². The molecule has 1 aromatic heterocycles. The summed E-state index contributed by atoms with van der Waals surface area (Å²) >= 11 is 0. The Labute approximate surface area is 85.7 Å². The van der Waals surface area contributed by atoms with Crippen molar-refractivity contribution in [3.05, 3.63) is 12.3 Å². The average Bonchev–Trinajstić information content (AvgIpc) is 2.66. The summed E-state index contributed by atoms with van der Waals surface area (Å²) in [5.74, 6) is -0.967. The van der Waals surface area contributed by atoms with Gasteiger partial charge in [0.1, 0.15) is 5.82 Å². The molecule has 0 aromatic carbocycles. The van der Waals surface area contributed by atoms with Crippen molar-refractivity contribution < 1.29 is 14.7 Å². The summed E-state index contributed by atoms with van der Waals surface area (Å²) in [6.07, 6.45) is 1.46. The van der Waals surface area contributed by atoms with Gasteiger partial charge in [0.05, 0.1) is 12.2 Å². The van der Waals surface area contributed by atoms with Crippen LogP contribution in [0.5, 0.6) is 0 Å². The van der Waals surface area contributed by atoms with E-state index in [0.29, 0.717) is 5.82 Å². The molecule has 7 nitrogen and oxygen atoms in total. The molecule has 1 rings (SSSR count). The molecule has 5 N–H and O–H groups in total. The lowest BCUT2D eigenvalue weighted by molar-refractivity contribution is -0.137. The normalized spacial score (nSPS) is 12.1. The summed E-state index contributed by atoms with van der Waals surface area (Å²) in [5, 5.41) is 17.0. The Balaban J connectivity index is 2.36. The van der Waals surface area contributed by atoms with E-state index < -0.39 is 17.9 Å². The van der Waals surface area contributed by atoms with Crippen LogP contribution in [0.1, 0.15) is 12.8 Å². The van der Waals surface area contributed by atoms with Crippen LogP contribution in [-0.2, 0) is 9.59 Å². The van der Waals surface area contributed by atoms with E-state index in [4.69, 9.17) is 10.8 Å². The third-order valence-corrected chi connectivity index (χ3v) is 1.76. The highest BCUT2D eigenvalue weighted by atomic mass is 16.4. The number of hydrogen-bond acceptors (Lipinski definition) is 4. The number of aromatic nitrogens is 2. The highest BCUT2D eigenvalue weighted by Crippen LogP contribution is 2.01. The Morgan fingerprint density at radius 1 is 1.67 bits per heavy atom. The first kappa shape index (κ1) is 11.2. The summed E-state index contributed by atoms with van der Waals surface area (Å²) in [7, 11) is 0. The van der Waals surface area contributed by atoms with Crippen LogP contribution in [0.4, 0.5) is 5.82 Å². The maximum atomic E-state index is 11.3. The number of anilines is 1. The minimum atomic E-state index is -0.972. The Morgan fingerprint density at radius 2 is 2.40 bits per heavy atom. The Morgan fingerprint density at radius 3 is 2.93 bits per heavy atom. The predicted octanol–water partition coefficient (Wildman–Crippen LogP) is -0.460. The van der Waals surface area contributed by atoms with Gasteiger partial charge in [0.25, 0.3) is 0 Å². The monoisotopic (exact) mass is 212 g/mol. The molecular weight excluding hydrogens is 200 g/mol. The van der Waals surface area contributed by atoms with Crippen LogP contribution in [0.15, 0.2) is 12.3 Å². The van der Waals surface area contributed by atoms with Gasteiger partial charge in [-0.3, -0.25) is 14.7 Å². The Kier molecular flexibility index (Phi) is 3.81. The zero-order valence-corrected chi connectivity index (χ0v) is 7.93. The Hall–Kier alpha value is -1.89. The van der Waals surface area contributed by atoms with Gasteiger partial charge in [0, 0.05) is 12.5 Å². The van der Waals surface area contributed by atoms with Crippen molar-refractivity contribution in [1.82, 2.24) is 10.2 Å². The number of H-pyrrole nitrogens is 1. The fraction of sp³-hybridized carbons (Fsp3) is 0.375. The standard InChI is InChI=1S/C8H12N4O3/c9-5(1-2-7(13)14)8(15)11-6-3-4-10-12-6/h3-5H,1-2,9H2,(H,13,14)(H2,10,11,12,15). The summed E-state index contributed by atoms with van der Waals surface area (Å²) in [5.41, 5.74) is 5.47. The molecule has 0 radical (unpaired) electrons. The molecule has 0 saturated carbocycles. The lowest BCUT2D eigenvalue weighted by Gasteiger charge is -2.09. The van der Waals surface area contributed by atoms with E-state index in [1.807, 2.05) is 0 Å². The zero-order chi connectivity index (χ0) is 11.3. The van der Waals surface area contributed by atoms with Gasteiger partial charge in [-0.25, -0.2) is 0 Å². The number of nitrogens with two attached hydrogens (primary N) is 1. The van der Waals surface area contributed by atoms with Gasteiger partial charge < -0.3 is 16.2 Å². The number of aliphatic carboxylic acids is 1. The summed E-state index contributed by atoms with van der Waals surface area (Å²) in [4.78, 5) is 21.6. The molecule has 15 heavy (non-hydrogen) atoms. The molecule has 7 heteroatoms. The molecule has 0 aliphatic carbocycles. The van der Waals surface area contributed by atoms with Crippen molar-refractivity contribution >= 4 is 17.7 Å². The van der Waals surface area contributed by atoms with Gasteiger partial charge in [-0.05, 0) is 6.42 Å². The van der Waals surface area contributed by atoms with Crippen LogP contribution in [0.3, 0.4) is 0 Å². The van der Waals surface area contributed by atoms with Gasteiger partial charge in [0.2, 0.25) is 5.91 Å². The molecule has 0 spiro atoms. The molecule has 1 amide bonds. The third-order valence-electron chi connectivity index (χ3n) is 1.76. The summed E-state index contributed by atoms with van der Waals surface area (Å²) in [6, 6.07) is 0.742. The van der Waals surface area contributed by atoms with E-state index in [1.54, 1.807) is 6.07 Å². The number of nitrogens with zero attached hydrogens (tertiary/aromatic N) is 1. The Bertz CT molecular complexity index is 336. The molecule has 0 bridgehead atoms. The van der Waals surface area contributed by atoms with Gasteiger partial charge in [0.15, 0.2) is 0 Å². The molecular formula is C8H12N4O3. The number of carbonyl (C=O) groups excluding carboxylic acids is 1. The fourth-order valence-corrected chi connectivity index (χ4v) is 0.961. The zero-order valence-electron chi connectivity index (χ0n) is 7.93. The van der Waals surface area contributed by atoms with E-state index >= 15 is 0 Å². The number of amides is 1. The topological polar surface area (TPSA) is 121 Å². The SMILES string of the molecule is NC(CCC(=O)O)C(=O)Nc1ccn[nH]1. The van der Waals surface area contributed by atoms with Crippen molar-refractivity contribution in [2.24, 2.45) is 5.73 Å². The molecule has 0 saturated heterocycles. The van der Waals surface area contributed by atoms with Crippen LogP contribution in [0, 0.1) is 0 Å². The smallest absolute Gasteiger partial charge is 0.303 e. The second-order valence-electron chi connectivity index (χ2n) is 3.00. The van der Waals surface area contributed by atoms with Crippen LogP contribution in [-0.4, -0.2) is 33.2 Å². The lowest BCUT2D eigenvalue weighted by atomic mass is 10.1. The first-order valence-electron chi connectivity index (χ1n) is 4.37. The van der Waals surface area contributed by atoms with Gasteiger partial charge in [-0.2, -0.15) is 5.10 Å². The van der Waals surface area contributed by atoms with E-state index in [9.17, 15) is 9.59 Å². The fourth-order valence-electron chi connectivity index (χ4n) is 0.961. The number of rotatable bonds is 5. The molecule has 1 unspecified atom stereocenters. The minimum absolute atomic E-state index is 0.106. The minimum Gasteiger partial charge on any atom is -0.481 e. The van der Waals surface area contributed by atoms with Crippen LogP contribution in [0.25, 0.3) is 0 Å². The lowest BCUT2D eigenvalue weighted by Crippen LogP contribution is -2.36. The quantitative estimate of drug-likeness (QED) is 0.526. The molecule has 1 atom stereocenters. The molecule has 0 aliphatic rings. The van der Waals surface area contributed by atoms with E-state index in [1.165, 1.54) is 6.20 Å². The number of nitrogens with one attached hydrogen (secondary N) is 2. The van der Waals surface area contributed by atoms with Crippen LogP contribution >= 0.6 is 0 Å². The first-order valence-corrected chi connectivity index (χ1v) is 4.37. The van der Waals surface area contributed by atoms with Crippen molar-refractivity contribution in [2.75, 3.05) is 5.32 Å². The van der Waals surface area contributed by atoms with Gasteiger partial charge in [-0.15, -0.1) is 0 Å². The molecule has 0 aliphatic heterocycles. The van der Waals surface area contributed by atoms with Crippen molar-refractivity contribution in [2.45, 2.75) is 18.9 Å². The maximum absolute atomic E-state index is 11.3. The van der Waals surface area contributed by atoms with Gasteiger partial charge in [-0.1, -0.05) is 0 Å². The van der Waals surface area contributed by atoms with E-state index in [2.05, 4.69) is 15.5 Å². The predicted molar refractivity (Wildman–Crippen MR) is 52.1 cm³/mol. The molecule has 0 fully saturated rings. The number of carboxylic acid groups (broad SMARTS) is 1. The van der Waals surface area contributed by atoms with Crippen molar-refractivity contribution in [3.63, 3.8) is 0 Å². The first-order chi connectivity index (χ1) is 7.09.